The van der Waals surface area contributed by atoms with Gasteiger partial charge in [0.25, 0.3) is 5.91 Å². The third-order valence-corrected chi connectivity index (χ3v) is 6.93. The second-order valence-corrected chi connectivity index (χ2v) is 9.46. The summed E-state index contributed by atoms with van der Waals surface area (Å²) in [5.74, 6) is 0.350. The summed E-state index contributed by atoms with van der Waals surface area (Å²) in [6, 6.07) is 11.8. The fourth-order valence-corrected chi connectivity index (χ4v) is 4.97. The van der Waals surface area contributed by atoms with Gasteiger partial charge in [-0.05, 0) is 55.3 Å². The Hall–Kier alpha value is -2.55. The maximum atomic E-state index is 13.7. The molecule has 2 aromatic carbocycles. The van der Waals surface area contributed by atoms with Gasteiger partial charge >= 0.3 is 0 Å². The number of carbonyl (C=O) groups is 1. The Balaban J connectivity index is 1.48. The molecule has 1 saturated heterocycles. The van der Waals surface area contributed by atoms with Gasteiger partial charge in [0.15, 0.2) is 5.13 Å². The summed E-state index contributed by atoms with van der Waals surface area (Å²) in [5, 5.41) is 0.590. The van der Waals surface area contributed by atoms with Crippen molar-refractivity contribution < 1.29 is 18.7 Å². The predicted molar refractivity (Wildman–Crippen MR) is 135 cm³/mol. The number of hydrogen-bond acceptors (Lipinski definition) is 6. The minimum absolute atomic E-state index is 0.112. The molecule has 182 valence electrons. The Bertz CT molecular complexity index is 1070. The minimum Gasteiger partial charge on any atom is -0.494 e. The smallest absolute Gasteiger partial charge is 0.260 e. The highest BCUT2D eigenvalue weighted by molar-refractivity contribution is 7.22. The second kappa shape index (κ2) is 12.2. The third-order valence-electron chi connectivity index (χ3n) is 5.89. The summed E-state index contributed by atoms with van der Waals surface area (Å²) in [5.41, 5.74) is 1.28. The number of nitrogens with zero attached hydrogens (tertiary/aromatic N) is 3. The van der Waals surface area contributed by atoms with E-state index in [1.807, 2.05) is 12.1 Å². The number of anilines is 1. The van der Waals surface area contributed by atoms with Gasteiger partial charge < -0.3 is 9.47 Å². The molecule has 0 atom stereocenters. The number of benzene rings is 2. The number of amides is 1. The van der Waals surface area contributed by atoms with Crippen LogP contribution in [0.4, 0.5) is 9.52 Å². The molecule has 0 spiro atoms. The van der Waals surface area contributed by atoms with Crippen LogP contribution < -0.4 is 9.64 Å². The number of hydrogen-bond donors (Lipinski definition) is 0. The fraction of sp³-hybridized carbons (Fsp3) is 0.462. The van der Waals surface area contributed by atoms with Crippen LogP contribution in [0, 0.1) is 5.82 Å². The second-order valence-electron chi connectivity index (χ2n) is 8.45. The van der Waals surface area contributed by atoms with E-state index in [2.05, 4.69) is 16.8 Å². The molecule has 6 nitrogen and oxygen atoms in total. The first kappa shape index (κ1) is 24.6. The number of unbranched alkanes of at least 4 members (excludes halogenated alkanes) is 2. The zero-order valence-corrected chi connectivity index (χ0v) is 20.5. The molecule has 0 bridgehead atoms. The molecule has 0 unspecified atom stereocenters. The van der Waals surface area contributed by atoms with Crippen molar-refractivity contribution in [2.75, 3.05) is 50.9 Å². The van der Waals surface area contributed by atoms with E-state index in [4.69, 9.17) is 9.47 Å². The van der Waals surface area contributed by atoms with E-state index in [0.717, 1.165) is 69.0 Å². The van der Waals surface area contributed by atoms with Crippen LogP contribution in [-0.2, 0) is 4.74 Å². The van der Waals surface area contributed by atoms with Crippen LogP contribution in [-0.4, -0.2) is 61.8 Å². The number of aromatic nitrogens is 1. The summed E-state index contributed by atoms with van der Waals surface area (Å²) in [4.78, 5) is 22.2. The normalized spacial score (nSPS) is 14.4. The minimum atomic E-state index is -0.303. The van der Waals surface area contributed by atoms with Crippen LogP contribution in [0.25, 0.3) is 10.2 Å². The van der Waals surface area contributed by atoms with Gasteiger partial charge in [0.1, 0.15) is 11.6 Å². The highest BCUT2D eigenvalue weighted by Gasteiger charge is 2.22. The zero-order valence-electron chi connectivity index (χ0n) is 19.7. The fourth-order valence-electron chi connectivity index (χ4n) is 3.95. The third kappa shape index (κ3) is 6.52. The van der Waals surface area contributed by atoms with Crippen molar-refractivity contribution in [3.05, 3.63) is 53.8 Å². The van der Waals surface area contributed by atoms with Crippen LogP contribution in [0.5, 0.6) is 5.75 Å². The first-order valence-corrected chi connectivity index (χ1v) is 12.9. The molecule has 2 heterocycles. The number of thiazole rings is 1. The summed E-state index contributed by atoms with van der Waals surface area (Å²) >= 11 is 1.34. The zero-order chi connectivity index (χ0) is 23.8. The molecule has 4 rings (SSSR count). The summed E-state index contributed by atoms with van der Waals surface area (Å²) in [6.07, 6.45) is 4.12. The molecule has 0 radical (unpaired) electrons. The average molecular weight is 486 g/mol. The maximum Gasteiger partial charge on any atom is 0.260 e. The molecule has 0 aliphatic carbocycles. The number of rotatable bonds is 11. The van der Waals surface area contributed by atoms with E-state index in [9.17, 15) is 9.18 Å². The molecular weight excluding hydrogens is 453 g/mol. The van der Waals surface area contributed by atoms with Gasteiger partial charge in [-0.3, -0.25) is 14.6 Å². The van der Waals surface area contributed by atoms with Gasteiger partial charge in [0.05, 0.1) is 30.0 Å². The van der Waals surface area contributed by atoms with E-state index >= 15 is 0 Å². The lowest BCUT2D eigenvalue weighted by atomic mass is 10.2. The van der Waals surface area contributed by atoms with Crippen molar-refractivity contribution in [2.45, 2.75) is 32.6 Å². The largest absolute Gasteiger partial charge is 0.494 e. The Morgan fingerprint density at radius 2 is 1.94 bits per heavy atom. The number of halogens is 1. The van der Waals surface area contributed by atoms with Gasteiger partial charge in [-0.2, -0.15) is 0 Å². The molecule has 8 heteroatoms. The van der Waals surface area contributed by atoms with E-state index in [-0.39, 0.29) is 11.7 Å². The van der Waals surface area contributed by atoms with Crippen LogP contribution in [0.3, 0.4) is 0 Å². The van der Waals surface area contributed by atoms with Gasteiger partial charge in [-0.25, -0.2) is 9.37 Å². The number of fused-ring (bicyclic) bond motifs is 1. The lowest BCUT2D eigenvalue weighted by molar-refractivity contribution is 0.0376. The lowest BCUT2D eigenvalue weighted by Gasteiger charge is -2.27. The molecule has 1 fully saturated rings. The number of carbonyl (C=O) groups excluding carboxylic acids is 1. The number of morpholine rings is 1. The van der Waals surface area contributed by atoms with Gasteiger partial charge in [0.2, 0.25) is 0 Å². The van der Waals surface area contributed by atoms with E-state index in [1.165, 1.54) is 23.5 Å². The monoisotopic (exact) mass is 485 g/mol. The van der Waals surface area contributed by atoms with E-state index in [1.54, 1.807) is 23.1 Å². The Kier molecular flexibility index (Phi) is 8.85. The Morgan fingerprint density at radius 3 is 2.71 bits per heavy atom. The summed E-state index contributed by atoms with van der Waals surface area (Å²) in [7, 11) is 0. The van der Waals surface area contributed by atoms with E-state index < -0.39 is 0 Å². The number of ether oxygens (including phenoxy) is 2. The maximum absolute atomic E-state index is 13.7. The van der Waals surface area contributed by atoms with E-state index in [0.29, 0.717) is 29.4 Å². The van der Waals surface area contributed by atoms with Gasteiger partial charge in [-0.15, -0.1) is 0 Å². The molecule has 0 saturated carbocycles. The van der Waals surface area contributed by atoms with Gasteiger partial charge in [-0.1, -0.05) is 31.1 Å². The first-order chi connectivity index (χ1) is 16.6. The molecule has 34 heavy (non-hydrogen) atoms. The Morgan fingerprint density at radius 1 is 1.15 bits per heavy atom. The van der Waals surface area contributed by atoms with Crippen LogP contribution in [0.1, 0.15) is 43.0 Å². The molecule has 1 aliphatic heterocycles. The standard InChI is InChI=1S/C26H32FN3O3S/c1-2-3-4-16-33-22-9-6-20(7-10-22)25(31)30(13-5-12-29-14-17-32-18-15-29)26-28-23-11-8-21(27)19-24(23)34-26/h6-11,19H,2-5,12-18H2,1H3. The van der Waals surface area contributed by atoms with Crippen molar-refractivity contribution in [1.82, 2.24) is 9.88 Å². The molecule has 1 aliphatic rings. The molecule has 1 aromatic heterocycles. The topological polar surface area (TPSA) is 54.9 Å². The predicted octanol–water partition coefficient (Wildman–Crippen LogP) is 5.37. The summed E-state index contributed by atoms with van der Waals surface area (Å²) < 4.78 is 25.7. The van der Waals surface area contributed by atoms with Crippen LogP contribution in [0.15, 0.2) is 42.5 Å². The van der Waals surface area contributed by atoms with Crippen molar-refractivity contribution in [3.8, 4) is 5.75 Å². The first-order valence-electron chi connectivity index (χ1n) is 12.0. The van der Waals surface area contributed by atoms with Crippen molar-refractivity contribution in [3.63, 3.8) is 0 Å². The molecule has 3 aromatic rings. The quantitative estimate of drug-likeness (QED) is 0.342. The highest BCUT2D eigenvalue weighted by atomic mass is 32.1. The molecular formula is C26H32FN3O3S. The lowest BCUT2D eigenvalue weighted by Crippen LogP contribution is -2.39. The molecule has 0 N–H and O–H groups in total. The van der Waals surface area contributed by atoms with Gasteiger partial charge in [0, 0.05) is 31.7 Å². The van der Waals surface area contributed by atoms with Crippen molar-refractivity contribution in [2.24, 2.45) is 0 Å². The average Bonchev–Trinajstić information content (AvgIpc) is 3.28. The van der Waals surface area contributed by atoms with Crippen LogP contribution in [0.2, 0.25) is 0 Å². The van der Waals surface area contributed by atoms with Crippen LogP contribution >= 0.6 is 11.3 Å². The molecule has 1 amide bonds. The highest BCUT2D eigenvalue weighted by Crippen LogP contribution is 2.30. The Labute approximate surface area is 204 Å². The van der Waals surface area contributed by atoms with Crippen molar-refractivity contribution >= 4 is 32.6 Å². The SMILES string of the molecule is CCCCCOc1ccc(C(=O)N(CCCN2CCOCC2)c2nc3ccc(F)cc3s2)cc1. The summed E-state index contributed by atoms with van der Waals surface area (Å²) in [6.45, 7) is 7.58. The van der Waals surface area contributed by atoms with Crippen molar-refractivity contribution in [1.29, 1.82) is 0 Å².